The predicted octanol–water partition coefficient (Wildman–Crippen LogP) is 5.19. The minimum Gasteiger partial charge on any atom is -0.457 e. The van der Waals surface area contributed by atoms with Crippen molar-refractivity contribution < 1.29 is 9.13 Å². The Hall–Kier alpha value is -3.91. The summed E-state index contributed by atoms with van der Waals surface area (Å²) in [5.74, 6) is 1.50. The maximum absolute atomic E-state index is 13.6. The Morgan fingerprint density at radius 2 is 1.80 bits per heavy atom. The van der Waals surface area contributed by atoms with E-state index in [0.29, 0.717) is 11.5 Å². The molecule has 0 bridgehead atoms. The van der Waals surface area contributed by atoms with E-state index in [-0.39, 0.29) is 5.82 Å². The number of halogens is 1. The number of H-pyrrole nitrogens is 1. The van der Waals surface area contributed by atoms with E-state index in [0.717, 1.165) is 66.2 Å². The van der Waals surface area contributed by atoms with Crippen molar-refractivity contribution in [2.24, 2.45) is 7.05 Å². The third-order valence-corrected chi connectivity index (χ3v) is 6.83. The molecule has 2 aromatic heterocycles. The largest absolute Gasteiger partial charge is 0.457 e. The highest BCUT2D eigenvalue weighted by atomic mass is 19.1. The van der Waals surface area contributed by atoms with E-state index in [2.05, 4.69) is 49.7 Å². The number of rotatable bonds is 5. The highest BCUT2D eigenvalue weighted by molar-refractivity contribution is 5.94. The Balaban J connectivity index is 1.34. The van der Waals surface area contributed by atoms with Gasteiger partial charge >= 0.3 is 0 Å². The highest BCUT2D eigenvalue weighted by Crippen LogP contribution is 2.33. The van der Waals surface area contributed by atoms with Crippen LogP contribution in [-0.2, 0) is 7.05 Å². The molecule has 178 valence electrons. The molecule has 7 nitrogen and oxygen atoms in total. The third kappa shape index (κ3) is 4.00. The summed E-state index contributed by atoms with van der Waals surface area (Å²) >= 11 is 0. The van der Waals surface area contributed by atoms with Crippen LogP contribution < -0.4 is 9.64 Å². The number of hydrogen-bond donors (Lipinski definition) is 1. The van der Waals surface area contributed by atoms with Gasteiger partial charge in [-0.25, -0.2) is 9.37 Å². The Morgan fingerprint density at radius 3 is 2.60 bits per heavy atom. The van der Waals surface area contributed by atoms with E-state index in [1.54, 1.807) is 12.1 Å². The van der Waals surface area contributed by atoms with Gasteiger partial charge in [0.1, 0.15) is 23.0 Å². The van der Waals surface area contributed by atoms with Crippen LogP contribution in [0.25, 0.3) is 33.5 Å². The summed E-state index contributed by atoms with van der Waals surface area (Å²) in [5, 5.41) is 8.57. The SMILES string of the molecule is CCN1CCN(c2ccc3nc(-c4n[nH]c5ccc(Oc6cccc(F)c6)cc45)n(C)c3c2)CC1. The fourth-order valence-electron chi connectivity index (χ4n) is 4.80. The van der Waals surface area contributed by atoms with Crippen molar-refractivity contribution in [3.8, 4) is 23.0 Å². The van der Waals surface area contributed by atoms with E-state index < -0.39 is 0 Å². The maximum Gasteiger partial charge on any atom is 0.162 e. The second-order valence-corrected chi connectivity index (χ2v) is 8.93. The Kier molecular flexibility index (Phi) is 5.37. The number of benzene rings is 3. The standard InChI is InChI=1S/C27H27FN6O/c1-3-33-11-13-34(14-12-33)19-7-9-24-25(16-19)32(2)27(29-24)26-22-17-21(8-10-23(22)30-31-26)35-20-6-4-5-18(28)15-20/h4-10,15-17H,3,11-14H2,1-2H3,(H,30,31). The van der Waals surface area contributed by atoms with E-state index in [1.807, 2.05) is 25.2 Å². The zero-order valence-corrected chi connectivity index (χ0v) is 19.8. The van der Waals surface area contributed by atoms with Gasteiger partial charge in [0.25, 0.3) is 0 Å². The molecule has 6 rings (SSSR count). The number of nitrogens with one attached hydrogen (secondary N) is 1. The zero-order valence-electron chi connectivity index (χ0n) is 19.8. The van der Waals surface area contributed by atoms with Crippen LogP contribution in [0.4, 0.5) is 10.1 Å². The second kappa shape index (κ2) is 8.70. The summed E-state index contributed by atoms with van der Waals surface area (Å²) < 4.78 is 21.6. The number of piperazine rings is 1. The Bertz CT molecular complexity index is 1520. The van der Waals surface area contributed by atoms with E-state index in [9.17, 15) is 4.39 Å². The van der Waals surface area contributed by atoms with Crippen molar-refractivity contribution in [3.63, 3.8) is 0 Å². The van der Waals surface area contributed by atoms with Gasteiger partial charge in [0, 0.05) is 50.4 Å². The zero-order chi connectivity index (χ0) is 23.9. The third-order valence-electron chi connectivity index (χ3n) is 6.83. The highest BCUT2D eigenvalue weighted by Gasteiger charge is 2.20. The average molecular weight is 471 g/mol. The first kappa shape index (κ1) is 21.6. The molecule has 0 spiro atoms. The van der Waals surface area contributed by atoms with Crippen LogP contribution in [0.15, 0.2) is 60.7 Å². The molecule has 1 aliphatic heterocycles. The minimum atomic E-state index is -0.334. The van der Waals surface area contributed by atoms with Gasteiger partial charge in [-0.05, 0) is 55.1 Å². The summed E-state index contributed by atoms with van der Waals surface area (Å²) in [4.78, 5) is 9.83. The fourth-order valence-corrected chi connectivity index (χ4v) is 4.80. The number of anilines is 1. The van der Waals surface area contributed by atoms with Crippen molar-refractivity contribution in [1.29, 1.82) is 0 Å². The molecule has 35 heavy (non-hydrogen) atoms. The molecule has 1 aliphatic rings. The molecule has 0 aliphatic carbocycles. The van der Waals surface area contributed by atoms with Gasteiger partial charge in [-0.15, -0.1) is 0 Å². The monoisotopic (exact) mass is 470 g/mol. The van der Waals surface area contributed by atoms with Crippen molar-refractivity contribution >= 4 is 27.6 Å². The van der Waals surface area contributed by atoms with Crippen molar-refractivity contribution in [2.75, 3.05) is 37.6 Å². The molecule has 0 atom stereocenters. The van der Waals surface area contributed by atoms with Gasteiger partial charge < -0.3 is 19.1 Å². The number of imidazole rings is 1. The lowest BCUT2D eigenvalue weighted by atomic mass is 10.2. The molecule has 5 aromatic rings. The van der Waals surface area contributed by atoms with E-state index >= 15 is 0 Å². The number of aromatic amines is 1. The lowest BCUT2D eigenvalue weighted by Gasteiger charge is -2.35. The molecule has 3 aromatic carbocycles. The minimum absolute atomic E-state index is 0.334. The summed E-state index contributed by atoms with van der Waals surface area (Å²) in [6, 6.07) is 18.3. The average Bonchev–Trinajstić information content (AvgIpc) is 3.44. The van der Waals surface area contributed by atoms with E-state index in [4.69, 9.17) is 9.72 Å². The molecule has 8 heteroatoms. The van der Waals surface area contributed by atoms with Gasteiger partial charge in [-0.3, -0.25) is 5.10 Å². The van der Waals surface area contributed by atoms with Crippen LogP contribution in [0.5, 0.6) is 11.5 Å². The lowest BCUT2D eigenvalue weighted by Crippen LogP contribution is -2.46. The fraction of sp³-hybridized carbons (Fsp3) is 0.259. The first-order valence-electron chi connectivity index (χ1n) is 11.9. The van der Waals surface area contributed by atoms with Crippen LogP contribution in [0, 0.1) is 5.82 Å². The normalized spacial score (nSPS) is 14.8. The first-order chi connectivity index (χ1) is 17.1. The molecule has 0 amide bonds. The number of aryl methyl sites for hydroxylation is 1. The number of aromatic nitrogens is 4. The van der Waals surface area contributed by atoms with Gasteiger partial charge in [-0.2, -0.15) is 5.10 Å². The molecule has 0 radical (unpaired) electrons. The van der Waals surface area contributed by atoms with Crippen LogP contribution in [0.3, 0.4) is 0 Å². The van der Waals surface area contributed by atoms with Crippen molar-refractivity contribution in [1.82, 2.24) is 24.6 Å². The Morgan fingerprint density at radius 1 is 0.971 bits per heavy atom. The number of nitrogens with zero attached hydrogens (tertiary/aromatic N) is 5. The van der Waals surface area contributed by atoms with Gasteiger partial charge in [0.2, 0.25) is 0 Å². The van der Waals surface area contributed by atoms with Crippen LogP contribution >= 0.6 is 0 Å². The number of hydrogen-bond acceptors (Lipinski definition) is 5. The molecule has 1 N–H and O–H groups in total. The smallest absolute Gasteiger partial charge is 0.162 e. The van der Waals surface area contributed by atoms with E-state index in [1.165, 1.54) is 17.8 Å². The number of fused-ring (bicyclic) bond motifs is 2. The van der Waals surface area contributed by atoms with Crippen molar-refractivity contribution in [3.05, 3.63) is 66.5 Å². The summed E-state index contributed by atoms with van der Waals surface area (Å²) in [5.41, 5.74) is 4.86. The number of likely N-dealkylation sites (N-methyl/N-ethyl adjacent to an activating group) is 1. The maximum atomic E-state index is 13.6. The predicted molar refractivity (Wildman–Crippen MR) is 137 cm³/mol. The van der Waals surface area contributed by atoms with Gasteiger partial charge in [0.05, 0.1) is 16.6 Å². The van der Waals surface area contributed by atoms with Crippen LogP contribution in [-0.4, -0.2) is 57.4 Å². The Labute approximate surface area is 202 Å². The summed E-state index contributed by atoms with van der Waals surface area (Å²) in [6.45, 7) is 7.55. The molecule has 1 fully saturated rings. The number of ether oxygens (including phenoxy) is 1. The molecule has 0 unspecified atom stereocenters. The summed E-state index contributed by atoms with van der Waals surface area (Å²) in [6.07, 6.45) is 0. The molecule has 0 saturated carbocycles. The molecule has 3 heterocycles. The molecular weight excluding hydrogens is 443 g/mol. The molecule has 1 saturated heterocycles. The van der Waals surface area contributed by atoms with Gasteiger partial charge in [0.15, 0.2) is 5.82 Å². The topological polar surface area (TPSA) is 62.2 Å². The molecular formula is C27H27FN6O. The lowest BCUT2D eigenvalue weighted by molar-refractivity contribution is 0.271. The summed E-state index contributed by atoms with van der Waals surface area (Å²) in [7, 11) is 2.02. The van der Waals surface area contributed by atoms with Crippen LogP contribution in [0.2, 0.25) is 0 Å². The second-order valence-electron chi connectivity index (χ2n) is 8.93. The quantitative estimate of drug-likeness (QED) is 0.383. The first-order valence-corrected chi connectivity index (χ1v) is 11.9. The van der Waals surface area contributed by atoms with Crippen molar-refractivity contribution in [2.45, 2.75) is 6.92 Å². The van der Waals surface area contributed by atoms with Crippen LogP contribution in [0.1, 0.15) is 6.92 Å². The van der Waals surface area contributed by atoms with Gasteiger partial charge in [-0.1, -0.05) is 13.0 Å².